The number of hydrogen-bond acceptors (Lipinski definition) is 3. The highest BCUT2D eigenvalue weighted by atomic mass is 16.2. The van der Waals surface area contributed by atoms with E-state index in [0.717, 1.165) is 0 Å². The van der Waals surface area contributed by atoms with Crippen LogP contribution in [0.4, 0.5) is 5.69 Å². The van der Waals surface area contributed by atoms with E-state index in [9.17, 15) is 9.59 Å². The standard InChI is InChI=1S/C20H17N3O2/c24-19(16-9-5-2-6-10-16)23-18(15-7-3-1-4-8-15)20(25)22-17-11-13-21-14-12-17/h1-14,18H,(H,23,24)(H,21,22,25). The number of rotatable bonds is 5. The van der Waals surface area contributed by atoms with Gasteiger partial charge in [-0.2, -0.15) is 0 Å². The van der Waals surface area contributed by atoms with Crippen LogP contribution in [0, 0.1) is 0 Å². The smallest absolute Gasteiger partial charge is 0.252 e. The van der Waals surface area contributed by atoms with Gasteiger partial charge in [0.15, 0.2) is 0 Å². The van der Waals surface area contributed by atoms with Gasteiger partial charge in [0, 0.05) is 23.6 Å². The van der Waals surface area contributed by atoms with Crippen LogP contribution < -0.4 is 10.6 Å². The monoisotopic (exact) mass is 331 g/mol. The zero-order valence-corrected chi connectivity index (χ0v) is 13.4. The summed E-state index contributed by atoms with van der Waals surface area (Å²) in [4.78, 5) is 29.1. The number of nitrogens with one attached hydrogen (secondary N) is 2. The maximum atomic E-state index is 12.7. The predicted molar refractivity (Wildman–Crippen MR) is 96.0 cm³/mol. The summed E-state index contributed by atoms with van der Waals surface area (Å²) >= 11 is 0. The van der Waals surface area contributed by atoms with Crippen LogP contribution in [-0.4, -0.2) is 16.8 Å². The van der Waals surface area contributed by atoms with E-state index in [1.807, 2.05) is 36.4 Å². The molecule has 0 aliphatic rings. The normalized spacial score (nSPS) is 11.4. The first kappa shape index (κ1) is 16.4. The molecule has 0 saturated carbocycles. The zero-order chi connectivity index (χ0) is 17.5. The highest BCUT2D eigenvalue weighted by molar-refractivity contribution is 6.01. The molecule has 0 aliphatic heterocycles. The lowest BCUT2D eigenvalue weighted by atomic mass is 10.1. The SMILES string of the molecule is O=C(NC(C(=O)Nc1ccncc1)c1ccccc1)c1ccccc1. The number of anilines is 1. The molecule has 0 aliphatic carbocycles. The number of aromatic nitrogens is 1. The Balaban J connectivity index is 1.83. The van der Waals surface area contributed by atoms with Crippen molar-refractivity contribution in [1.82, 2.24) is 10.3 Å². The van der Waals surface area contributed by atoms with Crippen molar-refractivity contribution in [3.8, 4) is 0 Å². The largest absolute Gasteiger partial charge is 0.336 e. The Hall–Kier alpha value is -3.47. The van der Waals surface area contributed by atoms with Crippen molar-refractivity contribution >= 4 is 17.5 Å². The van der Waals surface area contributed by atoms with Gasteiger partial charge in [0.05, 0.1) is 0 Å². The van der Waals surface area contributed by atoms with Gasteiger partial charge in [0.1, 0.15) is 6.04 Å². The number of benzene rings is 2. The second-order valence-corrected chi connectivity index (χ2v) is 5.41. The van der Waals surface area contributed by atoms with E-state index >= 15 is 0 Å². The average Bonchev–Trinajstić information content (AvgIpc) is 2.68. The minimum atomic E-state index is -0.804. The van der Waals surface area contributed by atoms with Crippen molar-refractivity contribution in [2.75, 3.05) is 5.32 Å². The van der Waals surface area contributed by atoms with Gasteiger partial charge in [0.2, 0.25) is 0 Å². The molecule has 0 spiro atoms. The Kier molecular flexibility index (Phi) is 5.16. The third-order valence-electron chi connectivity index (χ3n) is 3.65. The highest BCUT2D eigenvalue weighted by Gasteiger charge is 2.23. The fraction of sp³-hybridized carbons (Fsp3) is 0.0500. The van der Waals surface area contributed by atoms with E-state index in [1.165, 1.54) is 0 Å². The van der Waals surface area contributed by atoms with Crippen LogP contribution in [0.15, 0.2) is 85.2 Å². The first-order valence-corrected chi connectivity index (χ1v) is 7.86. The molecule has 1 atom stereocenters. The van der Waals surface area contributed by atoms with Gasteiger partial charge >= 0.3 is 0 Å². The number of pyridine rings is 1. The third-order valence-corrected chi connectivity index (χ3v) is 3.65. The molecule has 2 N–H and O–H groups in total. The topological polar surface area (TPSA) is 71.1 Å². The molecule has 5 heteroatoms. The van der Waals surface area contributed by atoms with Crippen molar-refractivity contribution in [2.24, 2.45) is 0 Å². The lowest BCUT2D eigenvalue weighted by Gasteiger charge is -2.19. The van der Waals surface area contributed by atoms with Crippen LogP contribution in [-0.2, 0) is 4.79 Å². The molecule has 0 radical (unpaired) electrons. The zero-order valence-electron chi connectivity index (χ0n) is 13.4. The van der Waals surface area contributed by atoms with Crippen LogP contribution in [0.5, 0.6) is 0 Å². The van der Waals surface area contributed by atoms with Gasteiger partial charge in [-0.25, -0.2) is 0 Å². The molecule has 3 aromatic rings. The molecule has 0 bridgehead atoms. The molecule has 3 rings (SSSR count). The number of carbonyl (C=O) groups excluding carboxylic acids is 2. The number of carbonyl (C=O) groups is 2. The summed E-state index contributed by atoms with van der Waals surface area (Å²) in [5, 5.41) is 5.61. The van der Waals surface area contributed by atoms with E-state index < -0.39 is 6.04 Å². The number of nitrogens with zero attached hydrogens (tertiary/aromatic N) is 1. The van der Waals surface area contributed by atoms with Gasteiger partial charge in [0.25, 0.3) is 11.8 Å². The molecule has 0 fully saturated rings. The maximum Gasteiger partial charge on any atom is 0.252 e. The predicted octanol–water partition coefficient (Wildman–Crippen LogP) is 3.19. The molecule has 124 valence electrons. The number of hydrogen-bond donors (Lipinski definition) is 2. The minimum Gasteiger partial charge on any atom is -0.336 e. The number of amides is 2. The first-order valence-electron chi connectivity index (χ1n) is 7.86. The maximum absolute atomic E-state index is 12.7. The molecule has 1 heterocycles. The lowest BCUT2D eigenvalue weighted by Crippen LogP contribution is -2.37. The molecule has 0 saturated heterocycles. The molecular weight excluding hydrogens is 314 g/mol. The molecule has 1 aromatic heterocycles. The molecule has 2 amide bonds. The van der Waals surface area contributed by atoms with Gasteiger partial charge in [-0.1, -0.05) is 48.5 Å². The van der Waals surface area contributed by atoms with E-state index in [2.05, 4.69) is 15.6 Å². The van der Waals surface area contributed by atoms with Crippen molar-refractivity contribution < 1.29 is 9.59 Å². The van der Waals surface area contributed by atoms with Crippen LogP contribution in [0.3, 0.4) is 0 Å². The quantitative estimate of drug-likeness (QED) is 0.754. The van der Waals surface area contributed by atoms with Gasteiger partial charge < -0.3 is 10.6 Å². The summed E-state index contributed by atoms with van der Waals surface area (Å²) in [5.74, 6) is -0.624. The molecule has 2 aromatic carbocycles. The molecular formula is C20H17N3O2. The first-order chi connectivity index (χ1) is 12.2. The minimum absolute atomic E-state index is 0.306. The second kappa shape index (κ2) is 7.88. The van der Waals surface area contributed by atoms with Gasteiger partial charge in [-0.05, 0) is 29.8 Å². The second-order valence-electron chi connectivity index (χ2n) is 5.41. The Labute approximate surface area is 145 Å². The van der Waals surface area contributed by atoms with Crippen molar-refractivity contribution in [3.63, 3.8) is 0 Å². The van der Waals surface area contributed by atoms with Crippen molar-refractivity contribution in [2.45, 2.75) is 6.04 Å². The molecule has 1 unspecified atom stereocenters. The van der Waals surface area contributed by atoms with E-state index in [1.54, 1.807) is 48.8 Å². The van der Waals surface area contributed by atoms with Crippen LogP contribution in [0.25, 0.3) is 0 Å². The summed E-state index contributed by atoms with van der Waals surface area (Å²) in [5.41, 5.74) is 1.83. The molecule has 25 heavy (non-hydrogen) atoms. The van der Waals surface area contributed by atoms with Crippen LogP contribution >= 0.6 is 0 Å². The fourth-order valence-electron chi connectivity index (χ4n) is 2.40. The van der Waals surface area contributed by atoms with Gasteiger partial charge in [-0.3, -0.25) is 14.6 Å². The summed E-state index contributed by atoms with van der Waals surface area (Å²) < 4.78 is 0. The van der Waals surface area contributed by atoms with Crippen molar-refractivity contribution in [1.29, 1.82) is 0 Å². The van der Waals surface area contributed by atoms with Crippen molar-refractivity contribution in [3.05, 3.63) is 96.3 Å². The summed E-state index contributed by atoms with van der Waals surface area (Å²) in [7, 11) is 0. The van der Waals surface area contributed by atoms with E-state index in [-0.39, 0.29) is 11.8 Å². The highest BCUT2D eigenvalue weighted by Crippen LogP contribution is 2.16. The van der Waals surface area contributed by atoms with E-state index in [4.69, 9.17) is 0 Å². The summed E-state index contributed by atoms with van der Waals surface area (Å²) in [6.45, 7) is 0. The average molecular weight is 331 g/mol. The van der Waals surface area contributed by atoms with E-state index in [0.29, 0.717) is 16.8 Å². The lowest BCUT2D eigenvalue weighted by molar-refractivity contribution is -0.118. The summed E-state index contributed by atoms with van der Waals surface area (Å²) in [6, 6.07) is 20.5. The van der Waals surface area contributed by atoms with Crippen LogP contribution in [0.1, 0.15) is 22.0 Å². The summed E-state index contributed by atoms with van der Waals surface area (Å²) in [6.07, 6.45) is 3.19. The Bertz CT molecular complexity index is 837. The van der Waals surface area contributed by atoms with Gasteiger partial charge in [-0.15, -0.1) is 0 Å². The Morgan fingerprint density at radius 3 is 2.04 bits per heavy atom. The Morgan fingerprint density at radius 2 is 1.40 bits per heavy atom. The Morgan fingerprint density at radius 1 is 0.800 bits per heavy atom. The fourth-order valence-corrected chi connectivity index (χ4v) is 2.40. The van der Waals surface area contributed by atoms with Crippen LogP contribution in [0.2, 0.25) is 0 Å². The molecule has 5 nitrogen and oxygen atoms in total. The third kappa shape index (κ3) is 4.29.